The summed E-state index contributed by atoms with van der Waals surface area (Å²) in [5, 5.41) is 0. The zero-order valence-corrected chi connectivity index (χ0v) is 57.2. The fourth-order valence-electron chi connectivity index (χ4n) is 9.16. The van der Waals surface area contributed by atoms with E-state index < -0.39 is 32.5 Å². The van der Waals surface area contributed by atoms with Crippen molar-refractivity contribution in [1.82, 2.24) is 0 Å². The summed E-state index contributed by atoms with van der Waals surface area (Å²) in [4.78, 5) is 35.4. The van der Waals surface area contributed by atoms with Gasteiger partial charge in [-0.25, -0.2) is 4.57 Å². The maximum Gasteiger partial charge on any atom is 0.472 e. The summed E-state index contributed by atoms with van der Waals surface area (Å²) in [6.07, 6.45) is 108. The number of hydrogen-bond donors (Lipinski definition) is 2. The van der Waals surface area contributed by atoms with Crippen LogP contribution in [0, 0.1) is 0 Å². The minimum absolute atomic E-state index is 0.0392. The van der Waals surface area contributed by atoms with E-state index in [1.807, 2.05) is 0 Å². The first-order valence-electron chi connectivity index (χ1n) is 35.3. The molecule has 0 saturated heterocycles. The average molecular weight is 1250 g/mol. The van der Waals surface area contributed by atoms with Crippen LogP contribution >= 0.6 is 7.82 Å². The van der Waals surface area contributed by atoms with Gasteiger partial charge < -0.3 is 20.1 Å². The summed E-state index contributed by atoms with van der Waals surface area (Å²) >= 11 is 0. The molecule has 0 aliphatic carbocycles. The van der Waals surface area contributed by atoms with Gasteiger partial charge >= 0.3 is 19.8 Å². The second kappa shape index (κ2) is 72.2. The van der Waals surface area contributed by atoms with Crippen LogP contribution in [-0.4, -0.2) is 49.3 Å². The van der Waals surface area contributed by atoms with Crippen LogP contribution in [0.25, 0.3) is 0 Å². The van der Waals surface area contributed by atoms with E-state index in [0.717, 1.165) is 135 Å². The van der Waals surface area contributed by atoms with Crippen LogP contribution in [0.1, 0.15) is 271 Å². The smallest absolute Gasteiger partial charge is 0.462 e. The molecule has 0 aliphatic heterocycles. The van der Waals surface area contributed by atoms with Gasteiger partial charge in [0.1, 0.15) is 6.61 Å². The second-order valence-electron chi connectivity index (χ2n) is 22.6. The Hall–Kier alpha value is -4.89. The van der Waals surface area contributed by atoms with Gasteiger partial charge in [-0.1, -0.05) is 305 Å². The number of esters is 2. The fourth-order valence-corrected chi connectivity index (χ4v) is 9.93. The van der Waals surface area contributed by atoms with Crippen molar-refractivity contribution in [2.75, 3.05) is 26.4 Å². The highest BCUT2D eigenvalue weighted by Crippen LogP contribution is 2.43. The lowest BCUT2D eigenvalue weighted by molar-refractivity contribution is -0.161. The Kier molecular flexibility index (Phi) is 68.2. The van der Waals surface area contributed by atoms with E-state index in [1.54, 1.807) is 0 Å². The Morgan fingerprint density at radius 2 is 0.584 bits per heavy atom. The molecule has 0 radical (unpaired) electrons. The van der Waals surface area contributed by atoms with Gasteiger partial charge in [0.15, 0.2) is 6.10 Å². The molecule has 2 unspecified atom stereocenters. The van der Waals surface area contributed by atoms with Crippen molar-refractivity contribution in [3.63, 3.8) is 0 Å². The van der Waals surface area contributed by atoms with Crippen molar-refractivity contribution in [3.8, 4) is 0 Å². The molecule has 3 N–H and O–H groups in total. The fraction of sp³-hybridized carbons (Fsp3) is 0.595. The maximum absolute atomic E-state index is 12.8. The molecule has 0 aromatic carbocycles. The standard InChI is InChI=1S/C79H128NO8P/c1-3-5-7-9-11-13-15-17-19-21-23-25-27-29-31-33-35-36-37-38-39-40-42-43-45-47-49-51-53-55-57-59-61-63-65-67-69-71-78(81)85-75-77(76-87-89(83,84)86-74-73-80)88-79(82)72-70-68-66-64-62-60-58-56-54-52-50-48-46-44-41-34-32-30-28-26-24-22-20-18-16-14-12-10-8-6-4-2/h5-8,11-14,17-20,23-26,29-32,35-36,41,44,48,50,54,56,60,62,77H,3-4,9-10,15-16,21-22,27-28,33-34,37-40,42-43,45-47,49,51-53,55,57-59,61,63-76,80H2,1-2H3,(H,83,84)/b7-5-,8-6-,13-11-,14-12-,19-17-,20-18-,25-23-,26-24-,31-29-,32-30-,36-35-,44-41-,50-48-,56-54-,62-60-. The van der Waals surface area contributed by atoms with E-state index in [1.165, 1.54) is 103 Å². The van der Waals surface area contributed by atoms with Gasteiger partial charge in [-0.05, 0) is 135 Å². The molecule has 0 amide bonds. The lowest BCUT2D eigenvalue weighted by atomic mass is 10.0. The van der Waals surface area contributed by atoms with Gasteiger partial charge in [-0.15, -0.1) is 0 Å². The number of nitrogens with two attached hydrogens (primary N) is 1. The van der Waals surface area contributed by atoms with Gasteiger partial charge in [-0.3, -0.25) is 18.6 Å². The Morgan fingerprint density at radius 1 is 0.337 bits per heavy atom. The summed E-state index contributed by atoms with van der Waals surface area (Å²) in [5.74, 6) is -0.873. The third-order valence-corrected chi connectivity index (χ3v) is 15.3. The number of phosphoric ester groups is 1. The normalized spacial score (nSPS) is 14.1. The highest BCUT2D eigenvalue weighted by atomic mass is 31.2. The molecular formula is C79H128NO8P. The number of carbonyl (C=O) groups excluding carboxylic acids is 2. The number of ether oxygens (including phenoxy) is 2. The monoisotopic (exact) mass is 1250 g/mol. The molecule has 2 atom stereocenters. The summed E-state index contributed by atoms with van der Waals surface area (Å²) in [6.45, 7) is 3.47. The Bertz CT molecular complexity index is 2110. The van der Waals surface area contributed by atoms with Crippen LogP contribution in [0.3, 0.4) is 0 Å². The number of unbranched alkanes of at least 4 members (excludes halogenated alkanes) is 21. The van der Waals surface area contributed by atoms with E-state index in [-0.39, 0.29) is 32.6 Å². The minimum Gasteiger partial charge on any atom is -0.462 e. The van der Waals surface area contributed by atoms with Crippen molar-refractivity contribution < 1.29 is 37.6 Å². The molecule has 89 heavy (non-hydrogen) atoms. The zero-order valence-electron chi connectivity index (χ0n) is 56.3. The van der Waals surface area contributed by atoms with E-state index in [0.29, 0.717) is 6.42 Å². The molecule has 0 aliphatic rings. The minimum atomic E-state index is -4.42. The summed E-state index contributed by atoms with van der Waals surface area (Å²) in [6, 6.07) is 0. The van der Waals surface area contributed by atoms with Gasteiger partial charge in [0.25, 0.3) is 0 Å². The summed E-state index contributed by atoms with van der Waals surface area (Å²) in [7, 11) is -4.42. The number of hydrogen-bond acceptors (Lipinski definition) is 8. The number of allylic oxidation sites excluding steroid dienone is 30. The Morgan fingerprint density at radius 3 is 0.876 bits per heavy atom. The molecule has 0 bridgehead atoms. The number of carbonyl (C=O) groups is 2. The molecule has 0 aromatic heterocycles. The second-order valence-corrected chi connectivity index (χ2v) is 24.1. The van der Waals surface area contributed by atoms with Gasteiger partial charge in [0.2, 0.25) is 0 Å². The molecule has 9 nitrogen and oxygen atoms in total. The van der Waals surface area contributed by atoms with Crippen molar-refractivity contribution in [3.05, 3.63) is 182 Å². The zero-order chi connectivity index (χ0) is 64.4. The van der Waals surface area contributed by atoms with Crippen LogP contribution < -0.4 is 5.73 Å². The van der Waals surface area contributed by atoms with E-state index in [2.05, 4.69) is 196 Å². The van der Waals surface area contributed by atoms with Gasteiger partial charge in [-0.2, -0.15) is 0 Å². The maximum atomic E-state index is 12.8. The average Bonchev–Trinajstić information content (AvgIpc) is 3.68. The van der Waals surface area contributed by atoms with Gasteiger partial charge in [0.05, 0.1) is 13.2 Å². The van der Waals surface area contributed by atoms with Crippen LogP contribution in [0.15, 0.2) is 182 Å². The number of rotatable bonds is 64. The largest absolute Gasteiger partial charge is 0.472 e. The topological polar surface area (TPSA) is 134 Å². The summed E-state index contributed by atoms with van der Waals surface area (Å²) in [5.41, 5.74) is 5.40. The van der Waals surface area contributed by atoms with Gasteiger partial charge in [0, 0.05) is 19.4 Å². The molecule has 0 aromatic rings. The molecule has 10 heteroatoms. The molecular weight excluding hydrogens is 1120 g/mol. The lowest BCUT2D eigenvalue weighted by Crippen LogP contribution is -2.29. The molecule has 502 valence electrons. The van der Waals surface area contributed by atoms with E-state index in [9.17, 15) is 19.0 Å². The third-order valence-electron chi connectivity index (χ3n) is 14.3. The predicted octanol–water partition coefficient (Wildman–Crippen LogP) is 23.5. The molecule has 0 spiro atoms. The predicted molar refractivity (Wildman–Crippen MR) is 385 cm³/mol. The van der Waals surface area contributed by atoms with Crippen LogP contribution in [0.2, 0.25) is 0 Å². The first-order valence-corrected chi connectivity index (χ1v) is 36.8. The molecule has 0 fully saturated rings. The van der Waals surface area contributed by atoms with E-state index in [4.69, 9.17) is 24.3 Å². The summed E-state index contributed by atoms with van der Waals surface area (Å²) < 4.78 is 33.1. The van der Waals surface area contributed by atoms with Crippen LogP contribution in [0.4, 0.5) is 0 Å². The van der Waals surface area contributed by atoms with Crippen molar-refractivity contribution in [2.45, 2.75) is 277 Å². The Labute approximate surface area is 545 Å². The first kappa shape index (κ1) is 84.1. The highest BCUT2D eigenvalue weighted by molar-refractivity contribution is 7.47. The number of phosphoric acid groups is 1. The molecule has 0 heterocycles. The van der Waals surface area contributed by atoms with Crippen molar-refractivity contribution in [1.29, 1.82) is 0 Å². The molecule has 0 saturated carbocycles. The molecule has 0 rings (SSSR count). The van der Waals surface area contributed by atoms with Crippen LogP contribution in [0.5, 0.6) is 0 Å². The first-order chi connectivity index (χ1) is 43.8. The lowest BCUT2D eigenvalue weighted by Gasteiger charge is -2.19. The highest BCUT2D eigenvalue weighted by Gasteiger charge is 2.26. The van der Waals surface area contributed by atoms with Crippen molar-refractivity contribution >= 4 is 19.8 Å². The Balaban J connectivity index is 3.97. The SMILES string of the molecule is CC/C=C\C/C=C\C/C=C\C/C=C\C/C=C\C/C=C\C/C=C\C/C=C\C/C=C\CCCCCC(=O)OC(COC(=O)CCCCCCCCCCCCCCCCCCCC/C=C\C/C=C\C/C=C\C/C=C\C/C=C\C/C=C\CC)COP(=O)(O)OCCN. The third kappa shape index (κ3) is 72.1. The van der Waals surface area contributed by atoms with Crippen LogP contribution in [-0.2, 0) is 32.7 Å². The quantitative estimate of drug-likeness (QED) is 0.0264. The van der Waals surface area contributed by atoms with Crippen molar-refractivity contribution in [2.24, 2.45) is 5.73 Å². The van der Waals surface area contributed by atoms with E-state index >= 15 is 0 Å².